The molecule has 0 saturated heterocycles. The van der Waals surface area contributed by atoms with Gasteiger partial charge < -0.3 is 4.90 Å². The second-order valence-electron chi connectivity index (χ2n) is 6.44. The third kappa shape index (κ3) is 3.88. The Balaban J connectivity index is 2.21. The number of nitrogens with zero attached hydrogens (tertiary/aromatic N) is 1. The summed E-state index contributed by atoms with van der Waals surface area (Å²) in [6, 6.07) is 11.8. The zero-order valence-electron chi connectivity index (χ0n) is 15.1. The fourth-order valence-corrected chi connectivity index (χ4v) is 3.39. The summed E-state index contributed by atoms with van der Waals surface area (Å²) in [5.74, 6) is -2.55. The Morgan fingerprint density at radius 3 is 1.75 bits per heavy atom. The van der Waals surface area contributed by atoms with Crippen LogP contribution in [0.4, 0.5) is 18.9 Å². The first-order chi connectivity index (χ1) is 13.1. The Morgan fingerprint density at radius 2 is 1.25 bits per heavy atom. The summed E-state index contributed by atoms with van der Waals surface area (Å²) < 4.78 is 64.8. The molecule has 2 N–H and O–H groups in total. The molecule has 28 heavy (non-hydrogen) atoms. The number of primary sulfonamides is 1. The van der Waals surface area contributed by atoms with Gasteiger partial charge in [0.25, 0.3) is 0 Å². The van der Waals surface area contributed by atoms with Gasteiger partial charge >= 0.3 is 0 Å². The maximum absolute atomic E-state index is 14.0. The van der Waals surface area contributed by atoms with Gasteiger partial charge in [0.2, 0.25) is 10.0 Å². The van der Waals surface area contributed by atoms with Crippen LogP contribution in [-0.4, -0.2) is 22.5 Å². The lowest BCUT2D eigenvalue weighted by molar-refractivity contribution is 0.509. The van der Waals surface area contributed by atoms with Crippen LogP contribution in [0.1, 0.15) is 0 Å². The molecule has 0 saturated carbocycles. The van der Waals surface area contributed by atoms with E-state index in [1.807, 2.05) is 0 Å². The molecule has 0 spiro atoms. The molecule has 0 heterocycles. The number of hydrogen-bond acceptors (Lipinski definition) is 3. The maximum atomic E-state index is 14.0. The lowest BCUT2D eigenvalue weighted by atomic mass is 9.94. The molecule has 0 aromatic heterocycles. The van der Waals surface area contributed by atoms with Gasteiger partial charge in [-0.25, -0.2) is 26.7 Å². The van der Waals surface area contributed by atoms with Crippen molar-refractivity contribution in [1.29, 1.82) is 0 Å². The largest absolute Gasteiger partial charge is 0.375 e. The van der Waals surface area contributed by atoms with E-state index in [2.05, 4.69) is 0 Å². The molecule has 0 aliphatic rings. The zero-order chi connectivity index (χ0) is 20.6. The Hall–Kier alpha value is -2.84. The van der Waals surface area contributed by atoms with Crippen LogP contribution in [0.3, 0.4) is 0 Å². The molecule has 0 radical (unpaired) electrons. The van der Waals surface area contributed by atoms with Crippen LogP contribution in [0, 0.1) is 17.5 Å². The predicted molar refractivity (Wildman–Crippen MR) is 103 cm³/mol. The Bertz CT molecular complexity index is 1140. The van der Waals surface area contributed by atoms with Crippen LogP contribution in [-0.2, 0) is 10.0 Å². The molecule has 0 amide bonds. The van der Waals surface area contributed by atoms with Crippen molar-refractivity contribution in [1.82, 2.24) is 0 Å². The Morgan fingerprint density at radius 1 is 0.750 bits per heavy atom. The zero-order valence-corrected chi connectivity index (χ0v) is 15.9. The monoisotopic (exact) mass is 406 g/mol. The number of halogens is 3. The molecule has 0 fully saturated rings. The van der Waals surface area contributed by atoms with E-state index in [0.29, 0.717) is 22.3 Å². The lowest BCUT2D eigenvalue weighted by Crippen LogP contribution is -2.11. The predicted octanol–water partition coefficient (Wildman–Crippen LogP) is 4.15. The summed E-state index contributed by atoms with van der Waals surface area (Å²) in [7, 11) is -0.546. The average molecular weight is 406 g/mol. The van der Waals surface area contributed by atoms with E-state index in [0.717, 1.165) is 12.1 Å². The highest BCUT2D eigenvalue weighted by Crippen LogP contribution is 2.36. The van der Waals surface area contributed by atoms with Gasteiger partial charge in [-0.05, 0) is 58.7 Å². The van der Waals surface area contributed by atoms with E-state index in [9.17, 15) is 21.6 Å². The van der Waals surface area contributed by atoms with Crippen LogP contribution in [0.5, 0.6) is 0 Å². The molecule has 8 heteroatoms. The molecule has 0 aliphatic heterocycles. The Kier molecular flexibility index (Phi) is 5.18. The first-order valence-corrected chi connectivity index (χ1v) is 9.72. The SMILES string of the molecule is CN(C)c1cc(-c2cc(F)c(F)cc2-c2ccc(S(N)(=O)=O)cc2)ccc1F. The van der Waals surface area contributed by atoms with E-state index in [1.54, 1.807) is 19.0 Å². The summed E-state index contributed by atoms with van der Waals surface area (Å²) in [5.41, 5.74) is 1.89. The number of nitrogens with two attached hydrogens (primary N) is 1. The van der Waals surface area contributed by atoms with E-state index < -0.39 is 27.5 Å². The third-order valence-corrected chi connectivity index (χ3v) is 5.22. The van der Waals surface area contributed by atoms with Gasteiger partial charge in [-0.15, -0.1) is 0 Å². The van der Waals surface area contributed by atoms with Gasteiger partial charge in [-0.2, -0.15) is 0 Å². The number of anilines is 1. The smallest absolute Gasteiger partial charge is 0.238 e. The van der Waals surface area contributed by atoms with E-state index in [4.69, 9.17) is 5.14 Å². The highest BCUT2D eigenvalue weighted by atomic mass is 32.2. The molecule has 0 aliphatic carbocycles. The molecule has 3 rings (SSSR count). The minimum atomic E-state index is -3.88. The van der Waals surface area contributed by atoms with Gasteiger partial charge in [0, 0.05) is 14.1 Å². The maximum Gasteiger partial charge on any atom is 0.238 e. The first kappa shape index (κ1) is 19.9. The molecule has 146 valence electrons. The van der Waals surface area contributed by atoms with Crippen molar-refractivity contribution in [3.8, 4) is 22.3 Å². The van der Waals surface area contributed by atoms with Crippen LogP contribution >= 0.6 is 0 Å². The van der Waals surface area contributed by atoms with Gasteiger partial charge in [-0.1, -0.05) is 18.2 Å². The molecule has 0 unspecified atom stereocenters. The number of rotatable bonds is 4. The van der Waals surface area contributed by atoms with Crippen molar-refractivity contribution in [3.05, 3.63) is 72.0 Å². The highest BCUT2D eigenvalue weighted by Gasteiger charge is 2.16. The minimum Gasteiger partial charge on any atom is -0.375 e. The third-order valence-electron chi connectivity index (χ3n) is 4.29. The van der Waals surface area contributed by atoms with Gasteiger partial charge in [0.1, 0.15) is 5.82 Å². The molecular weight excluding hydrogens is 389 g/mol. The normalized spacial score (nSPS) is 11.5. The molecule has 0 atom stereocenters. The average Bonchev–Trinajstić information content (AvgIpc) is 2.63. The van der Waals surface area contributed by atoms with Crippen LogP contribution in [0.2, 0.25) is 0 Å². The van der Waals surface area contributed by atoms with Crippen molar-refractivity contribution in [2.45, 2.75) is 4.90 Å². The summed E-state index contributed by atoms with van der Waals surface area (Å²) in [5, 5.41) is 5.09. The van der Waals surface area contributed by atoms with Gasteiger partial charge in [0.05, 0.1) is 10.6 Å². The van der Waals surface area contributed by atoms with Crippen molar-refractivity contribution in [3.63, 3.8) is 0 Å². The summed E-state index contributed by atoms with van der Waals surface area (Å²) in [6.45, 7) is 0. The molecule has 0 bridgehead atoms. The van der Waals surface area contributed by atoms with E-state index >= 15 is 0 Å². The topological polar surface area (TPSA) is 63.4 Å². The fourth-order valence-electron chi connectivity index (χ4n) is 2.87. The summed E-state index contributed by atoms with van der Waals surface area (Å²) in [6.07, 6.45) is 0. The Labute approximate surface area is 161 Å². The molecule has 4 nitrogen and oxygen atoms in total. The second kappa shape index (κ2) is 7.29. The van der Waals surface area contributed by atoms with Crippen LogP contribution in [0.25, 0.3) is 22.3 Å². The highest BCUT2D eigenvalue weighted by molar-refractivity contribution is 7.89. The molecular formula is C20H17F3N2O2S. The van der Waals surface area contributed by atoms with Crippen molar-refractivity contribution < 1.29 is 21.6 Å². The second-order valence-corrected chi connectivity index (χ2v) is 8.00. The van der Waals surface area contributed by atoms with Crippen LogP contribution in [0.15, 0.2) is 59.5 Å². The van der Waals surface area contributed by atoms with Crippen molar-refractivity contribution in [2.75, 3.05) is 19.0 Å². The standard InChI is InChI=1S/C20H17F3N2O2S/c1-25(2)20-9-13(5-8-17(20)21)16-11-19(23)18(22)10-15(16)12-3-6-14(7-4-12)28(24,26)27/h3-11H,1-2H3,(H2,24,26,27). The fraction of sp³-hybridized carbons (Fsp3) is 0.100. The van der Waals surface area contributed by atoms with Crippen molar-refractivity contribution >= 4 is 15.7 Å². The molecule has 3 aromatic carbocycles. The first-order valence-electron chi connectivity index (χ1n) is 8.17. The minimum absolute atomic E-state index is 0.0999. The summed E-state index contributed by atoms with van der Waals surface area (Å²) >= 11 is 0. The number of hydrogen-bond donors (Lipinski definition) is 1. The molecule has 3 aromatic rings. The number of benzene rings is 3. The van der Waals surface area contributed by atoms with Gasteiger partial charge in [-0.3, -0.25) is 0 Å². The van der Waals surface area contributed by atoms with Crippen LogP contribution < -0.4 is 10.0 Å². The van der Waals surface area contributed by atoms with E-state index in [1.165, 1.54) is 42.5 Å². The number of sulfonamides is 1. The van der Waals surface area contributed by atoms with Gasteiger partial charge in [0.15, 0.2) is 11.6 Å². The van der Waals surface area contributed by atoms with Crippen molar-refractivity contribution in [2.24, 2.45) is 5.14 Å². The lowest BCUT2D eigenvalue weighted by Gasteiger charge is -2.17. The summed E-state index contributed by atoms with van der Waals surface area (Å²) in [4.78, 5) is 1.47. The van der Waals surface area contributed by atoms with E-state index in [-0.39, 0.29) is 10.6 Å². The quantitative estimate of drug-likeness (QED) is 0.708.